The van der Waals surface area contributed by atoms with Gasteiger partial charge in [0.2, 0.25) is 0 Å². The smallest absolute Gasteiger partial charge is 0.309 e. The Kier molecular flexibility index (Phi) is 13.6. The number of ether oxygens (including phenoxy) is 2. The molecule has 0 saturated heterocycles. The Morgan fingerprint density at radius 3 is 1.53 bits per heavy atom. The summed E-state index contributed by atoms with van der Waals surface area (Å²) in [6, 6.07) is 10.8. The van der Waals surface area contributed by atoms with Crippen molar-refractivity contribution in [3.63, 3.8) is 0 Å². The lowest BCUT2D eigenvalue weighted by Crippen LogP contribution is -2.30. The van der Waals surface area contributed by atoms with E-state index in [-0.39, 0.29) is 72.5 Å². The molecule has 0 saturated carbocycles. The molecule has 0 fully saturated rings. The van der Waals surface area contributed by atoms with Crippen LogP contribution in [0.4, 0.5) is 4.39 Å². The Morgan fingerprint density at radius 1 is 0.723 bits per heavy atom. The lowest BCUT2D eigenvalue weighted by atomic mass is 9.96. The third kappa shape index (κ3) is 11.3. The summed E-state index contributed by atoms with van der Waals surface area (Å²) in [6.07, 6.45) is 0.341. The standard InChI is InChI=1S/C18H24FNO4.C18H25NO4/c1-10(2)18(11(3)4)23-17(22)9-13-8-15(20-24-13)12-5-6-16(21)14(19)7-12;1-11(2)18(12(3)4)22-17(21)10-15-9-16(19-23-15)13-5-7-14(20)8-6-13/h5-7,10-11,13,18,21H,8-9H2,1-4H3;5-8,11-12,15,18,20H,9-10H2,1-4H3. The summed E-state index contributed by atoms with van der Waals surface area (Å²) < 4.78 is 24.6. The number of benzene rings is 2. The van der Waals surface area contributed by atoms with E-state index in [9.17, 15) is 24.2 Å². The molecule has 11 heteroatoms. The van der Waals surface area contributed by atoms with E-state index in [2.05, 4.69) is 38.0 Å². The van der Waals surface area contributed by atoms with Crippen molar-refractivity contribution in [3.05, 3.63) is 59.4 Å². The van der Waals surface area contributed by atoms with Gasteiger partial charge in [0.1, 0.15) is 30.2 Å². The number of nitrogens with zero attached hydrogens (tertiary/aromatic N) is 2. The molecular weight excluding hydrogens is 607 g/mol. The Hall–Kier alpha value is -4.15. The lowest BCUT2D eigenvalue weighted by Gasteiger charge is -2.25. The topological polar surface area (TPSA) is 136 Å². The summed E-state index contributed by atoms with van der Waals surface area (Å²) in [6.45, 7) is 16.3. The van der Waals surface area contributed by atoms with Crippen LogP contribution in [-0.2, 0) is 28.7 Å². The fourth-order valence-corrected chi connectivity index (χ4v) is 5.61. The molecule has 2 aliphatic heterocycles. The van der Waals surface area contributed by atoms with Crippen molar-refractivity contribution >= 4 is 23.4 Å². The van der Waals surface area contributed by atoms with Gasteiger partial charge in [-0.1, -0.05) is 65.7 Å². The Labute approximate surface area is 276 Å². The Bertz CT molecular complexity index is 1390. The van der Waals surface area contributed by atoms with E-state index in [0.29, 0.717) is 24.1 Å². The molecule has 0 amide bonds. The molecule has 0 radical (unpaired) electrons. The number of oxime groups is 2. The predicted molar refractivity (Wildman–Crippen MR) is 177 cm³/mol. The molecule has 258 valence electrons. The molecule has 0 aliphatic carbocycles. The van der Waals surface area contributed by atoms with Gasteiger partial charge in [-0.25, -0.2) is 4.39 Å². The fourth-order valence-electron chi connectivity index (χ4n) is 5.61. The molecule has 2 atom stereocenters. The average Bonchev–Trinajstić information content (AvgIpc) is 3.66. The quantitative estimate of drug-likeness (QED) is 0.230. The number of carbonyl (C=O) groups excluding carboxylic acids is 2. The van der Waals surface area contributed by atoms with E-state index in [0.717, 1.165) is 11.3 Å². The van der Waals surface area contributed by atoms with Gasteiger partial charge in [-0.3, -0.25) is 9.59 Å². The number of hydrogen-bond acceptors (Lipinski definition) is 10. The highest BCUT2D eigenvalue weighted by Crippen LogP contribution is 2.25. The number of phenolic OH excluding ortho intramolecular Hbond substituents is 2. The number of esters is 2. The molecule has 2 aromatic carbocycles. The highest BCUT2D eigenvalue weighted by Gasteiger charge is 2.30. The highest BCUT2D eigenvalue weighted by atomic mass is 19.1. The number of aromatic hydroxyl groups is 2. The van der Waals surface area contributed by atoms with Crippen LogP contribution in [0.15, 0.2) is 52.8 Å². The lowest BCUT2D eigenvalue weighted by molar-refractivity contribution is -0.157. The molecule has 2 heterocycles. The summed E-state index contributed by atoms with van der Waals surface area (Å²) in [4.78, 5) is 34.8. The van der Waals surface area contributed by atoms with E-state index < -0.39 is 17.7 Å². The summed E-state index contributed by atoms with van der Waals surface area (Å²) in [5.41, 5.74) is 2.76. The number of rotatable bonds is 12. The third-order valence-corrected chi connectivity index (χ3v) is 7.90. The molecule has 4 rings (SSSR count). The Balaban J connectivity index is 0.000000256. The van der Waals surface area contributed by atoms with Crippen LogP contribution in [0.2, 0.25) is 0 Å². The van der Waals surface area contributed by atoms with Crippen molar-refractivity contribution in [2.24, 2.45) is 34.0 Å². The van der Waals surface area contributed by atoms with Crippen LogP contribution in [0, 0.1) is 29.5 Å². The van der Waals surface area contributed by atoms with Gasteiger partial charge in [0.05, 0.1) is 24.3 Å². The van der Waals surface area contributed by atoms with Crippen LogP contribution >= 0.6 is 0 Å². The first kappa shape index (κ1) is 37.3. The molecule has 2 aliphatic rings. The maximum absolute atomic E-state index is 13.4. The summed E-state index contributed by atoms with van der Waals surface area (Å²) in [5, 5.41) is 26.5. The van der Waals surface area contributed by atoms with Crippen molar-refractivity contribution in [1.82, 2.24) is 0 Å². The van der Waals surface area contributed by atoms with Gasteiger partial charge in [0.15, 0.2) is 11.6 Å². The van der Waals surface area contributed by atoms with Crippen LogP contribution < -0.4 is 0 Å². The average molecular weight is 657 g/mol. The minimum absolute atomic E-state index is 0.0820. The second-order valence-electron chi connectivity index (χ2n) is 13.4. The first-order chi connectivity index (χ1) is 22.1. The van der Waals surface area contributed by atoms with Crippen LogP contribution in [0.5, 0.6) is 11.5 Å². The van der Waals surface area contributed by atoms with Gasteiger partial charge >= 0.3 is 11.9 Å². The second kappa shape index (κ2) is 17.1. The maximum Gasteiger partial charge on any atom is 0.309 e. The summed E-state index contributed by atoms with van der Waals surface area (Å²) >= 11 is 0. The molecule has 0 aromatic heterocycles. The van der Waals surface area contributed by atoms with Gasteiger partial charge in [-0.15, -0.1) is 0 Å². The minimum Gasteiger partial charge on any atom is -0.508 e. The monoisotopic (exact) mass is 656 g/mol. The maximum atomic E-state index is 13.4. The molecule has 47 heavy (non-hydrogen) atoms. The Morgan fingerprint density at radius 2 is 1.13 bits per heavy atom. The van der Waals surface area contributed by atoms with E-state index in [4.69, 9.17) is 19.1 Å². The molecule has 0 spiro atoms. The zero-order valence-corrected chi connectivity index (χ0v) is 28.6. The molecule has 10 nitrogen and oxygen atoms in total. The van der Waals surface area contributed by atoms with E-state index in [1.165, 1.54) is 12.1 Å². The zero-order valence-electron chi connectivity index (χ0n) is 28.6. The van der Waals surface area contributed by atoms with Gasteiger partial charge in [0.25, 0.3) is 0 Å². The van der Waals surface area contributed by atoms with E-state index in [1.807, 2.05) is 27.7 Å². The number of hydrogen-bond donors (Lipinski definition) is 2. The predicted octanol–water partition coefficient (Wildman–Crippen LogP) is 7.14. The van der Waals surface area contributed by atoms with E-state index >= 15 is 0 Å². The third-order valence-electron chi connectivity index (χ3n) is 7.90. The van der Waals surface area contributed by atoms with Crippen LogP contribution in [-0.4, -0.2) is 58.0 Å². The van der Waals surface area contributed by atoms with Crippen LogP contribution in [0.3, 0.4) is 0 Å². The molecular formula is C36H49FN2O8. The van der Waals surface area contributed by atoms with Crippen LogP contribution in [0.1, 0.15) is 92.2 Å². The van der Waals surface area contributed by atoms with Crippen molar-refractivity contribution in [2.75, 3.05) is 0 Å². The van der Waals surface area contributed by atoms with Gasteiger partial charge in [-0.05, 0) is 71.7 Å². The van der Waals surface area contributed by atoms with Gasteiger partial charge < -0.3 is 29.4 Å². The summed E-state index contributed by atoms with van der Waals surface area (Å²) in [7, 11) is 0. The minimum atomic E-state index is -0.713. The van der Waals surface area contributed by atoms with Crippen molar-refractivity contribution in [1.29, 1.82) is 0 Å². The normalized spacial score (nSPS) is 17.4. The summed E-state index contributed by atoms with van der Waals surface area (Å²) in [5.74, 6) is -0.427. The molecule has 2 unspecified atom stereocenters. The SMILES string of the molecule is CC(C)C(OC(=O)CC1CC(c2ccc(O)c(F)c2)=NO1)C(C)C.CC(C)C(OC(=O)CC1CC(c2ccc(O)cc2)=NO1)C(C)C. The zero-order chi connectivity index (χ0) is 34.8. The van der Waals surface area contributed by atoms with Gasteiger partial charge in [-0.2, -0.15) is 0 Å². The number of halogens is 1. The fraction of sp³-hybridized carbons (Fsp3) is 0.556. The van der Waals surface area contributed by atoms with Crippen LogP contribution in [0.25, 0.3) is 0 Å². The molecule has 0 bridgehead atoms. The van der Waals surface area contributed by atoms with Crippen molar-refractivity contribution in [3.8, 4) is 11.5 Å². The molecule has 2 N–H and O–H groups in total. The number of phenols is 2. The van der Waals surface area contributed by atoms with E-state index in [1.54, 1.807) is 30.3 Å². The number of carbonyl (C=O) groups is 2. The van der Waals surface area contributed by atoms with Crippen molar-refractivity contribution in [2.45, 2.75) is 105 Å². The van der Waals surface area contributed by atoms with Crippen molar-refractivity contribution < 1.29 is 43.3 Å². The first-order valence-electron chi connectivity index (χ1n) is 16.3. The second-order valence-corrected chi connectivity index (χ2v) is 13.4. The largest absolute Gasteiger partial charge is 0.508 e. The van der Waals surface area contributed by atoms with Gasteiger partial charge in [0, 0.05) is 18.4 Å². The highest BCUT2D eigenvalue weighted by molar-refractivity contribution is 6.02. The molecule has 2 aromatic rings. The first-order valence-corrected chi connectivity index (χ1v) is 16.3.